The van der Waals surface area contributed by atoms with Crippen LogP contribution >= 0.6 is 11.3 Å². The van der Waals surface area contributed by atoms with Gasteiger partial charge in [-0.25, -0.2) is 9.78 Å². The minimum atomic E-state index is -0.127. The van der Waals surface area contributed by atoms with Gasteiger partial charge in [-0.05, 0) is 44.0 Å². The fourth-order valence-corrected chi connectivity index (χ4v) is 4.14. The van der Waals surface area contributed by atoms with Crippen LogP contribution in [0.5, 0.6) is 0 Å². The number of rotatable bonds is 5. The molecule has 4 rings (SSSR count). The van der Waals surface area contributed by atoms with Crippen molar-refractivity contribution >= 4 is 22.5 Å². The molecule has 0 aromatic carbocycles. The summed E-state index contributed by atoms with van der Waals surface area (Å²) < 4.78 is 5.69. The average molecular weight is 382 g/mol. The van der Waals surface area contributed by atoms with Crippen molar-refractivity contribution in [1.82, 2.24) is 14.9 Å². The van der Waals surface area contributed by atoms with E-state index in [0.717, 1.165) is 48.6 Å². The van der Waals surface area contributed by atoms with Gasteiger partial charge in [-0.3, -0.25) is 10.3 Å². The summed E-state index contributed by atoms with van der Waals surface area (Å²) in [6, 6.07) is 9.68. The highest BCUT2D eigenvalue weighted by Crippen LogP contribution is 2.28. The van der Waals surface area contributed by atoms with E-state index in [1.165, 1.54) is 11.3 Å². The van der Waals surface area contributed by atoms with Gasteiger partial charge < -0.3 is 9.32 Å². The molecule has 0 saturated heterocycles. The standard InChI is InChI=1S/C20H22N4O2S/c1-14-9-10-16(26-14)12-24(15-6-2-3-7-15)20(25)23-19-22-18(13-27-19)17-8-4-5-11-21-17/h4-5,8-11,13,15H,2-3,6-7,12H2,1H3,(H,22,23,25). The molecule has 1 saturated carbocycles. The maximum atomic E-state index is 13.0. The van der Waals surface area contributed by atoms with Crippen LogP contribution in [-0.4, -0.2) is 26.9 Å². The van der Waals surface area contributed by atoms with Crippen LogP contribution in [0.15, 0.2) is 46.3 Å². The van der Waals surface area contributed by atoms with Gasteiger partial charge in [0.1, 0.15) is 17.2 Å². The lowest BCUT2D eigenvalue weighted by Gasteiger charge is -2.27. The number of aryl methyl sites for hydroxylation is 1. The van der Waals surface area contributed by atoms with Crippen molar-refractivity contribution in [3.8, 4) is 11.4 Å². The summed E-state index contributed by atoms with van der Waals surface area (Å²) in [5.41, 5.74) is 1.57. The van der Waals surface area contributed by atoms with Crippen LogP contribution in [0.4, 0.5) is 9.93 Å². The van der Waals surface area contributed by atoms with Crippen molar-refractivity contribution in [1.29, 1.82) is 0 Å². The number of furan rings is 1. The summed E-state index contributed by atoms with van der Waals surface area (Å²) in [6.45, 7) is 2.39. The van der Waals surface area contributed by atoms with Gasteiger partial charge in [0.25, 0.3) is 0 Å². The van der Waals surface area contributed by atoms with Gasteiger partial charge in [-0.2, -0.15) is 0 Å². The van der Waals surface area contributed by atoms with Crippen molar-refractivity contribution in [2.45, 2.75) is 45.2 Å². The molecule has 1 aliphatic carbocycles. The summed E-state index contributed by atoms with van der Waals surface area (Å²) in [4.78, 5) is 23.7. The van der Waals surface area contributed by atoms with E-state index in [1.54, 1.807) is 6.20 Å². The lowest BCUT2D eigenvalue weighted by molar-refractivity contribution is 0.178. The predicted octanol–water partition coefficient (Wildman–Crippen LogP) is 5.08. The molecule has 6 nitrogen and oxygen atoms in total. The topological polar surface area (TPSA) is 71.3 Å². The van der Waals surface area contributed by atoms with Crippen molar-refractivity contribution in [2.24, 2.45) is 0 Å². The average Bonchev–Trinajstić information content (AvgIpc) is 3.42. The van der Waals surface area contributed by atoms with Gasteiger partial charge >= 0.3 is 6.03 Å². The highest BCUT2D eigenvalue weighted by Gasteiger charge is 2.28. The Bertz CT molecular complexity index is 900. The van der Waals surface area contributed by atoms with E-state index in [1.807, 2.05) is 47.5 Å². The fraction of sp³-hybridized carbons (Fsp3) is 0.350. The molecule has 0 unspecified atom stereocenters. The van der Waals surface area contributed by atoms with Crippen molar-refractivity contribution in [3.05, 3.63) is 53.4 Å². The van der Waals surface area contributed by atoms with E-state index in [0.29, 0.717) is 11.7 Å². The van der Waals surface area contributed by atoms with Crippen LogP contribution in [0.1, 0.15) is 37.2 Å². The zero-order valence-electron chi connectivity index (χ0n) is 15.2. The first-order chi connectivity index (χ1) is 13.2. The molecule has 0 atom stereocenters. The highest BCUT2D eigenvalue weighted by atomic mass is 32.1. The molecular formula is C20H22N4O2S. The van der Waals surface area contributed by atoms with Crippen molar-refractivity contribution in [3.63, 3.8) is 0 Å². The maximum absolute atomic E-state index is 13.0. The molecule has 0 spiro atoms. The first-order valence-corrected chi connectivity index (χ1v) is 10.1. The number of nitrogens with one attached hydrogen (secondary N) is 1. The Morgan fingerprint density at radius 3 is 2.81 bits per heavy atom. The Balaban J connectivity index is 1.49. The Morgan fingerprint density at radius 1 is 1.26 bits per heavy atom. The number of aromatic nitrogens is 2. The smallest absolute Gasteiger partial charge is 0.324 e. The molecule has 3 heterocycles. The summed E-state index contributed by atoms with van der Waals surface area (Å²) in [7, 11) is 0. The maximum Gasteiger partial charge on any atom is 0.324 e. The summed E-state index contributed by atoms with van der Waals surface area (Å²) in [5, 5.41) is 5.45. The third kappa shape index (κ3) is 4.19. The van der Waals surface area contributed by atoms with Gasteiger partial charge in [-0.1, -0.05) is 18.9 Å². The van der Waals surface area contributed by atoms with Gasteiger partial charge in [0.2, 0.25) is 0 Å². The molecule has 1 fully saturated rings. The summed E-state index contributed by atoms with van der Waals surface area (Å²) in [5.74, 6) is 1.67. The lowest BCUT2D eigenvalue weighted by Crippen LogP contribution is -2.41. The predicted molar refractivity (Wildman–Crippen MR) is 106 cm³/mol. The number of urea groups is 1. The Morgan fingerprint density at radius 2 is 2.11 bits per heavy atom. The molecule has 3 aromatic rings. The quantitative estimate of drug-likeness (QED) is 0.668. The Kier molecular flexibility index (Phi) is 5.20. The second-order valence-corrected chi connectivity index (χ2v) is 7.62. The molecule has 1 N–H and O–H groups in total. The van der Waals surface area contributed by atoms with Gasteiger partial charge in [-0.15, -0.1) is 11.3 Å². The third-order valence-electron chi connectivity index (χ3n) is 4.79. The monoisotopic (exact) mass is 382 g/mol. The largest absolute Gasteiger partial charge is 0.464 e. The molecule has 2 amide bonds. The first kappa shape index (κ1) is 17.7. The highest BCUT2D eigenvalue weighted by molar-refractivity contribution is 7.14. The van der Waals surface area contributed by atoms with Crippen molar-refractivity contribution < 1.29 is 9.21 Å². The Hall–Kier alpha value is -2.67. The van der Waals surface area contributed by atoms with E-state index in [-0.39, 0.29) is 12.1 Å². The Labute approximate surface area is 162 Å². The number of hydrogen-bond donors (Lipinski definition) is 1. The number of carbonyl (C=O) groups excluding carboxylic acids is 1. The number of anilines is 1. The number of hydrogen-bond acceptors (Lipinski definition) is 5. The van der Waals surface area contributed by atoms with Gasteiger partial charge in [0, 0.05) is 17.6 Å². The van der Waals surface area contributed by atoms with E-state index in [4.69, 9.17) is 4.42 Å². The van der Waals surface area contributed by atoms with E-state index < -0.39 is 0 Å². The van der Waals surface area contributed by atoms with Gasteiger partial charge in [0.05, 0.1) is 12.2 Å². The minimum absolute atomic E-state index is 0.127. The van der Waals surface area contributed by atoms with Crippen LogP contribution < -0.4 is 5.32 Å². The van der Waals surface area contributed by atoms with Crippen LogP contribution in [0.25, 0.3) is 11.4 Å². The zero-order chi connectivity index (χ0) is 18.6. The number of carbonyl (C=O) groups is 1. The second-order valence-electron chi connectivity index (χ2n) is 6.76. The molecular weight excluding hydrogens is 360 g/mol. The molecule has 0 radical (unpaired) electrons. The molecule has 0 bridgehead atoms. The molecule has 1 aliphatic rings. The first-order valence-electron chi connectivity index (χ1n) is 9.19. The van der Waals surface area contributed by atoms with Crippen LogP contribution in [0.2, 0.25) is 0 Å². The molecule has 7 heteroatoms. The van der Waals surface area contributed by atoms with E-state index in [9.17, 15) is 4.79 Å². The second kappa shape index (κ2) is 7.92. The molecule has 3 aromatic heterocycles. The molecule has 27 heavy (non-hydrogen) atoms. The lowest BCUT2D eigenvalue weighted by atomic mass is 10.2. The SMILES string of the molecule is Cc1ccc(CN(C(=O)Nc2nc(-c3ccccn3)cs2)C2CCCC2)o1. The number of nitrogens with zero attached hydrogens (tertiary/aromatic N) is 3. The number of pyridine rings is 1. The molecule has 140 valence electrons. The summed E-state index contributed by atoms with van der Waals surface area (Å²) >= 11 is 1.41. The number of thiazole rings is 1. The van der Waals surface area contributed by atoms with Crippen LogP contribution in [0, 0.1) is 6.92 Å². The fourth-order valence-electron chi connectivity index (χ4n) is 3.45. The summed E-state index contributed by atoms with van der Waals surface area (Å²) in [6.07, 6.45) is 6.12. The minimum Gasteiger partial charge on any atom is -0.464 e. The zero-order valence-corrected chi connectivity index (χ0v) is 16.0. The van der Waals surface area contributed by atoms with Gasteiger partial charge in [0.15, 0.2) is 5.13 Å². The van der Waals surface area contributed by atoms with Crippen LogP contribution in [0.3, 0.4) is 0 Å². The third-order valence-corrected chi connectivity index (χ3v) is 5.55. The number of amides is 2. The van der Waals surface area contributed by atoms with E-state index in [2.05, 4.69) is 15.3 Å². The molecule has 0 aliphatic heterocycles. The van der Waals surface area contributed by atoms with Crippen LogP contribution in [-0.2, 0) is 6.54 Å². The normalized spacial score (nSPS) is 14.4. The van der Waals surface area contributed by atoms with Crippen molar-refractivity contribution in [2.75, 3.05) is 5.32 Å². The van der Waals surface area contributed by atoms with E-state index >= 15 is 0 Å².